The molecule has 2 aliphatic heterocycles. The minimum absolute atomic E-state index is 0.0937. The van der Waals surface area contributed by atoms with Crippen molar-refractivity contribution in [2.24, 2.45) is 0 Å². The van der Waals surface area contributed by atoms with E-state index in [0.717, 1.165) is 44.8 Å². The maximum absolute atomic E-state index is 12.6. The Morgan fingerprint density at radius 3 is 2.64 bits per heavy atom. The van der Waals surface area contributed by atoms with Gasteiger partial charge in [0.05, 0.1) is 11.8 Å². The third-order valence-electron chi connectivity index (χ3n) is 5.04. The Morgan fingerprint density at radius 1 is 1.18 bits per heavy atom. The van der Waals surface area contributed by atoms with Crippen molar-refractivity contribution in [3.63, 3.8) is 0 Å². The second kappa shape index (κ2) is 7.70. The lowest BCUT2D eigenvalue weighted by molar-refractivity contribution is -0.0494. The van der Waals surface area contributed by atoms with Gasteiger partial charge in [-0.3, -0.25) is 0 Å². The lowest BCUT2D eigenvalue weighted by Gasteiger charge is -2.32. The predicted molar refractivity (Wildman–Crippen MR) is 101 cm³/mol. The van der Waals surface area contributed by atoms with Crippen molar-refractivity contribution in [1.82, 2.24) is 15.0 Å². The molecule has 2 aromatic rings. The number of nitrogen functional groups attached to an aromatic ring is 1. The average molecular weight is 392 g/mol. The van der Waals surface area contributed by atoms with Crippen molar-refractivity contribution in [2.45, 2.75) is 25.6 Å². The van der Waals surface area contributed by atoms with Gasteiger partial charge < -0.3 is 25.0 Å². The van der Waals surface area contributed by atoms with Crippen LogP contribution >= 0.6 is 0 Å². The van der Waals surface area contributed by atoms with Crippen LogP contribution in [0.3, 0.4) is 0 Å². The molecule has 28 heavy (non-hydrogen) atoms. The van der Waals surface area contributed by atoms with Crippen LogP contribution in [0.15, 0.2) is 18.3 Å². The second-order valence-electron chi connectivity index (χ2n) is 6.83. The maximum atomic E-state index is 12.6. The van der Waals surface area contributed by atoms with E-state index in [2.05, 4.69) is 24.5 Å². The number of anilines is 3. The van der Waals surface area contributed by atoms with Gasteiger partial charge in [-0.15, -0.1) is 0 Å². The summed E-state index contributed by atoms with van der Waals surface area (Å²) < 4.78 is 35.2. The predicted octanol–water partition coefficient (Wildman–Crippen LogP) is 2.16. The van der Waals surface area contributed by atoms with Gasteiger partial charge in [0.2, 0.25) is 5.95 Å². The number of nitrogens with two attached hydrogens (primary N) is 1. The molecule has 2 aromatic heterocycles. The number of nitrogens with zero attached hydrogens (tertiary/aromatic N) is 5. The first-order valence-electron chi connectivity index (χ1n) is 9.16. The fourth-order valence-corrected chi connectivity index (χ4v) is 3.30. The largest absolute Gasteiger partial charge is 0.431 e. The summed E-state index contributed by atoms with van der Waals surface area (Å²) in [6.07, 6.45) is 3.68. The average Bonchev–Trinajstić information content (AvgIpc) is 3.11. The van der Waals surface area contributed by atoms with Crippen molar-refractivity contribution in [2.75, 3.05) is 48.8 Å². The highest BCUT2D eigenvalue weighted by atomic mass is 19.3. The number of aromatic nitrogens is 3. The van der Waals surface area contributed by atoms with E-state index in [0.29, 0.717) is 17.2 Å². The van der Waals surface area contributed by atoms with E-state index in [1.165, 1.54) is 12.3 Å². The van der Waals surface area contributed by atoms with Crippen LogP contribution in [-0.4, -0.2) is 61.0 Å². The molecule has 0 aromatic carbocycles. The first kappa shape index (κ1) is 18.6. The van der Waals surface area contributed by atoms with E-state index in [4.69, 9.17) is 15.5 Å². The summed E-state index contributed by atoms with van der Waals surface area (Å²) in [5.74, 6) is 1.13. The summed E-state index contributed by atoms with van der Waals surface area (Å²) in [7, 11) is 1.70. The summed E-state index contributed by atoms with van der Waals surface area (Å²) in [6, 6.07) is 3.27. The van der Waals surface area contributed by atoms with Crippen molar-refractivity contribution < 1.29 is 18.3 Å². The zero-order valence-corrected chi connectivity index (χ0v) is 15.5. The van der Waals surface area contributed by atoms with E-state index >= 15 is 0 Å². The fraction of sp³-hybridized carbons (Fsp3) is 0.500. The number of hydrogen-bond acceptors (Lipinski definition) is 8. The van der Waals surface area contributed by atoms with Gasteiger partial charge in [0.15, 0.2) is 11.6 Å². The van der Waals surface area contributed by atoms with Crippen LogP contribution in [0, 0.1) is 0 Å². The van der Waals surface area contributed by atoms with Crippen LogP contribution in [0.1, 0.15) is 12.8 Å². The van der Waals surface area contributed by atoms with Crippen LogP contribution in [-0.2, 0) is 4.74 Å². The fourth-order valence-electron chi connectivity index (χ4n) is 3.30. The Kier molecular flexibility index (Phi) is 5.12. The third kappa shape index (κ3) is 3.77. The van der Waals surface area contributed by atoms with E-state index in [1.54, 1.807) is 7.11 Å². The molecule has 0 radical (unpaired) electrons. The van der Waals surface area contributed by atoms with Crippen molar-refractivity contribution in [3.8, 4) is 17.0 Å². The van der Waals surface area contributed by atoms with Gasteiger partial charge in [-0.2, -0.15) is 13.8 Å². The summed E-state index contributed by atoms with van der Waals surface area (Å²) in [4.78, 5) is 17.5. The first-order valence-corrected chi connectivity index (χ1v) is 9.16. The molecule has 2 saturated heterocycles. The molecular weight excluding hydrogens is 370 g/mol. The lowest BCUT2D eigenvalue weighted by atomic mass is 10.2. The number of rotatable bonds is 6. The molecule has 4 heterocycles. The maximum Gasteiger partial charge on any atom is 0.387 e. The second-order valence-corrected chi connectivity index (χ2v) is 6.83. The molecule has 0 bridgehead atoms. The monoisotopic (exact) mass is 392 g/mol. The number of halogens is 2. The molecule has 8 nitrogen and oxygen atoms in total. The zero-order chi connectivity index (χ0) is 19.7. The van der Waals surface area contributed by atoms with Crippen molar-refractivity contribution in [3.05, 3.63) is 18.3 Å². The van der Waals surface area contributed by atoms with Crippen LogP contribution in [0.5, 0.6) is 5.75 Å². The molecule has 2 fully saturated rings. The Morgan fingerprint density at radius 2 is 2.00 bits per heavy atom. The van der Waals surface area contributed by atoms with E-state index in [-0.39, 0.29) is 17.7 Å². The molecule has 0 amide bonds. The smallest absolute Gasteiger partial charge is 0.387 e. The Labute approximate surface area is 161 Å². The summed E-state index contributed by atoms with van der Waals surface area (Å²) in [6.45, 7) is 0.375. The molecule has 0 saturated carbocycles. The number of pyridine rings is 1. The van der Waals surface area contributed by atoms with Gasteiger partial charge in [-0.05, 0) is 18.9 Å². The first-order chi connectivity index (χ1) is 13.5. The van der Waals surface area contributed by atoms with Gasteiger partial charge in [0.1, 0.15) is 5.82 Å². The highest BCUT2D eigenvalue weighted by molar-refractivity contribution is 5.68. The molecule has 1 atom stereocenters. The van der Waals surface area contributed by atoms with Crippen LogP contribution < -0.4 is 20.3 Å². The summed E-state index contributed by atoms with van der Waals surface area (Å²) >= 11 is 0. The number of ether oxygens (including phenoxy) is 2. The van der Waals surface area contributed by atoms with Gasteiger partial charge in [-0.1, -0.05) is 0 Å². The minimum Gasteiger partial charge on any atom is -0.431 e. The van der Waals surface area contributed by atoms with Crippen molar-refractivity contribution in [1.29, 1.82) is 0 Å². The molecule has 150 valence electrons. The van der Waals surface area contributed by atoms with E-state index in [1.807, 2.05) is 6.07 Å². The molecule has 2 N–H and O–H groups in total. The highest BCUT2D eigenvalue weighted by Crippen LogP contribution is 2.32. The van der Waals surface area contributed by atoms with Gasteiger partial charge >= 0.3 is 6.61 Å². The molecule has 0 spiro atoms. The van der Waals surface area contributed by atoms with Gasteiger partial charge in [-0.25, -0.2) is 9.97 Å². The number of hydrogen-bond donors (Lipinski definition) is 1. The lowest BCUT2D eigenvalue weighted by Crippen LogP contribution is -2.38. The van der Waals surface area contributed by atoms with E-state index in [9.17, 15) is 8.78 Å². The Bertz CT molecular complexity index is 849. The summed E-state index contributed by atoms with van der Waals surface area (Å²) in [5.41, 5.74) is 6.77. The van der Waals surface area contributed by atoms with Crippen molar-refractivity contribution >= 4 is 17.6 Å². The molecule has 2 aliphatic rings. The number of methoxy groups -OCH3 is 1. The van der Waals surface area contributed by atoms with Crippen LogP contribution in [0.25, 0.3) is 11.3 Å². The Hall–Kier alpha value is -2.75. The Balaban J connectivity index is 1.71. The molecule has 4 rings (SSSR count). The zero-order valence-electron chi connectivity index (χ0n) is 15.5. The topological polar surface area (TPSA) is 89.6 Å². The SMILES string of the molecule is COC1CCN(c2cc(-c3cnc(N)c(OC(F)F)c3)nc(N3CCC3)n2)C1. The standard InChI is InChI=1S/C18H22F2N6O2/c1-27-12-3-6-26(10-12)15-8-13(23-18(24-15)25-4-2-5-25)11-7-14(28-17(19)20)16(21)22-9-11/h7-9,12,17H,2-6,10H2,1H3,(H2,21,22). The quantitative estimate of drug-likeness (QED) is 0.800. The highest BCUT2D eigenvalue weighted by Gasteiger charge is 2.26. The third-order valence-corrected chi connectivity index (χ3v) is 5.04. The minimum atomic E-state index is -2.98. The van der Waals surface area contributed by atoms with E-state index < -0.39 is 6.61 Å². The van der Waals surface area contributed by atoms with Crippen LogP contribution in [0.4, 0.5) is 26.4 Å². The van der Waals surface area contributed by atoms with Gasteiger partial charge in [0, 0.05) is 51.1 Å². The molecule has 10 heteroatoms. The molecular formula is C18H22F2N6O2. The molecule has 0 aliphatic carbocycles. The number of alkyl halides is 2. The molecule has 1 unspecified atom stereocenters. The summed E-state index contributed by atoms with van der Waals surface area (Å²) in [5, 5.41) is 0. The van der Waals surface area contributed by atoms with Crippen LogP contribution in [0.2, 0.25) is 0 Å². The van der Waals surface area contributed by atoms with Gasteiger partial charge in [0.25, 0.3) is 0 Å². The normalized spacial score (nSPS) is 19.2.